The second-order valence-corrected chi connectivity index (χ2v) is 12.1. The Balaban J connectivity index is 1.33. The minimum absolute atomic E-state index is 0.0582. The third kappa shape index (κ3) is 6.58. The number of anilines is 2. The largest absolute Gasteiger partial charge is 0.481 e. The van der Waals surface area contributed by atoms with Crippen LogP contribution in [0, 0.1) is 0 Å². The van der Waals surface area contributed by atoms with Gasteiger partial charge in [0.2, 0.25) is 11.8 Å². The third-order valence-electron chi connectivity index (χ3n) is 8.25. The van der Waals surface area contributed by atoms with Crippen molar-refractivity contribution in [1.29, 1.82) is 0 Å². The number of aromatic nitrogens is 5. The van der Waals surface area contributed by atoms with Gasteiger partial charge in [-0.3, -0.25) is 18.7 Å². The average molecular weight is 712 g/mol. The Bertz CT molecular complexity index is 2230. The molecule has 4 heterocycles. The first-order chi connectivity index (χ1) is 23.5. The maximum absolute atomic E-state index is 13.8. The number of nitrogens with one attached hydrogen (secondary N) is 3. The normalized spacial score (nSPS) is 14.4. The lowest BCUT2D eigenvalue weighted by Gasteiger charge is -2.17. The number of carbonyl (C=O) groups excluding carboxylic acids is 1. The van der Waals surface area contributed by atoms with Crippen LogP contribution in [0.3, 0.4) is 0 Å². The van der Waals surface area contributed by atoms with Gasteiger partial charge in [-0.1, -0.05) is 59.6 Å². The zero-order valence-corrected chi connectivity index (χ0v) is 28.0. The quantitative estimate of drug-likeness (QED) is 0.180. The molecule has 254 valence electrons. The van der Waals surface area contributed by atoms with Gasteiger partial charge in [0.1, 0.15) is 11.2 Å². The van der Waals surface area contributed by atoms with Crippen LogP contribution in [0.25, 0.3) is 33.4 Å². The molecule has 0 saturated carbocycles. The lowest BCUT2D eigenvalue weighted by atomic mass is 10.00. The molecule has 3 N–H and O–H groups in total. The molecule has 0 radical (unpaired) electrons. The summed E-state index contributed by atoms with van der Waals surface area (Å²) >= 11 is 13.9. The number of aryl methyl sites for hydroxylation is 1. The van der Waals surface area contributed by atoms with E-state index in [9.17, 15) is 23.2 Å². The minimum Gasteiger partial charge on any atom is -0.481 e. The fraction of sp³-hybridized carbons (Fsp3) is 0.273. The van der Waals surface area contributed by atoms with E-state index in [-0.39, 0.29) is 39.5 Å². The number of amides is 1. The number of alkyl halides is 2. The molecule has 1 saturated heterocycles. The second kappa shape index (κ2) is 13.9. The topological polar surface area (TPSA) is 145 Å². The summed E-state index contributed by atoms with van der Waals surface area (Å²) in [6, 6.07) is 14.2. The maximum atomic E-state index is 13.8. The highest BCUT2D eigenvalue weighted by Crippen LogP contribution is 2.42. The fourth-order valence-corrected chi connectivity index (χ4v) is 6.31. The molecule has 1 atom stereocenters. The van der Waals surface area contributed by atoms with E-state index in [1.54, 1.807) is 30.3 Å². The molecule has 6 rings (SSSR count). The molecule has 16 heteroatoms. The van der Waals surface area contributed by atoms with E-state index in [0.29, 0.717) is 52.8 Å². The molecule has 1 aliphatic rings. The van der Waals surface area contributed by atoms with Crippen LogP contribution in [-0.4, -0.2) is 49.7 Å². The van der Waals surface area contributed by atoms with Gasteiger partial charge < -0.3 is 20.7 Å². The molecule has 1 fully saturated rings. The molecule has 1 amide bonds. The van der Waals surface area contributed by atoms with Gasteiger partial charge in [0, 0.05) is 61.9 Å². The molecule has 3 aromatic heterocycles. The first-order valence-corrected chi connectivity index (χ1v) is 15.9. The molecule has 0 aliphatic carbocycles. The van der Waals surface area contributed by atoms with Crippen LogP contribution in [-0.2, 0) is 25.4 Å². The number of fused-ring (bicyclic) bond motifs is 1. The highest BCUT2D eigenvalue weighted by Gasteiger charge is 2.23. The smallest absolute Gasteiger partial charge is 0.332 e. The van der Waals surface area contributed by atoms with Crippen molar-refractivity contribution in [3.63, 3.8) is 0 Å². The van der Waals surface area contributed by atoms with E-state index >= 15 is 0 Å². The SMILES string of the molecule is COc1nc(-c2cccc(-c3cccc(Nc4nc(C(F)F)nc5c4c(=O)n(C)c(=O)n5C)c3Cl)c2Cl)ccc1CNCC1CCC(=O)N1. The zero-order chi connectivity index (χ0) is 35.0. The van der Waals surface area contributed by atoms with Crippen LogP contribution in [0.5, 0.6) is 5.88 Å². The van der Waals surface area contributed by atoms with Crippen molar-refractivity contribution in [1.82, 2.24) is 34.7 Å². The summed E-state index contributed by atoms with van der Waals surface area (Å²) in [5, 5.41) is 9.53. The van der Waals surface area contributed by atoms with Gasteiger partial charge >= 0.3 is 5.69 Å². The Kier molecular flexibility index (Phi) is 9.63. The number of pyridine rings is 1. The van der Waals surface area contributed by atoms with Crippen LogP contribution in [0.15, 0.2) is 58.1 Å². The second-order valence-electron chi connectivity index (χ2n) is 11.4. The number of hydrogen-bond acceptors (Lipinski definition) is 9. The summed E-state index contributed by atoms with van der Waals surface area (Å²) in [5.74, 6) is -0.638. The Morgan fingerprint density at radius 2 is 1.67 bits per heavy atom. The standard InChI is InChI=1S/C33H30Cl2F2N8O4/c1-44-30-24(32(47)45(2)33(44)48)28(42-29(43-30)27(36)37)40-22-9-5-7-19(26(22)35)18-6-4-8-20(25(18)34)21-12-10-16(31(41-21)49-3)14-38-15-17-11-13-23(46)39-17/h4-10,12,17,27,38H,11,13-15H2,1-3H3,(H,39,46)(H,40,42,43). The predicted molar refractivity (Wildman–Crippen MR) is 183 cm³/mol. The first kappa shape index (κ1) is 34.0. The number of halogens is 4. The minimum atomic E-state index is -3.08. The van der Waals surface area contributed by atoms with Crippen molar-refractivity contribution in [2.75, 3.05) is 19.0 Å². The molecule has 5 aromatic rings. The Morgan fingerprint density at radius 1 is 0.959 bits per heavy atom. The average Bonchev–Trinajstić information content (AvgIpc) is 3.51. The predicted octanol–water partition coefficient (Wildman–Crippen LogP) is 5.12. The van der Waals surface area contributed by atoms with Gasteiger partial charge in [0.15, 0.2) is 11.5 Å². The van der Waals surface area contributed by atoms with Crippen LogP contribution >= 0.6 is 23.2 Å². The Hall–Kier alpha value is -4.92. The zero-order valence-electron chi connectivity index (χ0n) is 26.5. The summed E-state index contributed by atoms with van der Waals surface area (Å²) in [6.07, 6.45) is -1.76. The third-order valence-corrected chi connectivity index (χ3v) is 9.07. The molecular formula is C33H30Cl2F2N8O4. The number of hydrogen-bond donors (Lipinski definition) is 3. The summed E-state index contributed by atoms with van der Waals surface area (Å²) in [5.41, 5.74) is 1.52. The monoisotopic (exact) mass is 710 g/mol. The van der Waals surface area contributed by atoms with Crippen molar-refractivity contribution in [3.8, 4) is 28.3 Å². The summed E-state index contributed by atoms with van der Waals surface area (Å²) < 4.78 is 35.1. The van der Waals surface area contributed by atoms with Gasteiger partial charge in [-0.2, -0.15) is 0 Å². The number of ether oxygens (including phenoxy) is 1. The van der Waals surface area contributed by atoms with Gasteiger partial charge in [0.25, 0.3) is 12.0 Å². The molecule has 1 aliphatic heterocycles. The van der Waals surface area contributed by atoms with E-state index < -0.39 is 23.5 Å². The number of carbonyl (C=O) groups is 1. The van der Waals surface area contributed by atoms with Gasteiger partial charge in [-0.15, -0.1) is 0 Å². The molecule has 2 aromatic carbocycles. The maximum Gasteiger partial charge on any atom is 0.332 e. The molecule has 12 nitrogen and oxygen atoms in total. The molecule has 49 heavy (non-hydrogen) atoms. The molecule has 0 spiro atoms. The van der Waals surface area contributed by atoms with Crippen LogP contribution in [0.4, 0.5) is 20.3 Å². The molecule has 1 unspecified atom stereocenters. The summed E-state index contributed by atoms with van der Waals surface area (Å²) in [6.45, 7) is 1.10. The fourth-order valence-electron chi connectivity index (χ4n) is 5.71. The molecule has 0 bridgehead atoms. The van der Waals surface area contributed by atoms with Crippen molar-refractivity contribution in [3.05, 3.63) is 90.8 Å². The highest BCUT2D eigenvalue weighted by molar-refractivity contribution is 6.39. The summed E-state index contributed by atoms with van der Waals surface area (Å²) in [4.78, 5) is 49.6. The van der Waals surface area contributed by atoms with E-state index in [0.717, 1.165) is 21.1 Å². The van der Waals surface area contributed by atoms with Gasteiger partial charge in [-0.25, -0.2) is 28.5 Å². The van der Waals surface area contributed by atoms with E-state index in [1.165, 1.54) is 21.2 Å². The molecular weight excluding hydrogens is 681 g/mol. The lowest BCUT2D eigenvalue weighted by molar-refractivity contribution is -0.119. The van der Waals surface area contributed by atoms with Crippen molar-refractivity contribution >= 4 is 51.6 Å². The van der Waals surface area contributed by atoms with Crippen molar-refractivity contribution in [2.45, 2.75) is 31.9 Å². The Morgan fingerprint density at radius 3 is 2.37 bits per heavy atom. The number of benzene rings is 2. The van der Waals surface area contributed by atoms with Crippen LogP contribution < -0.4 is 31.9 Å². The highest BCUT2D eigenvalue weighted by atomic mass is 35.5. The van der Waals surface area contributed by atoms with Gasteiger partial charge in [-0.05, 0) is 18.6 Å². The number of rotatable bonds is 10. The first-order valence-electron chi connectivity index (χ1n) is 15.1. The van der Waals surface area contributed by atoms with Crippen LogP contribution in [0.2, 0.25) is 10.0 Å². The van der Waals surface area contributed by atoms with E-state index in [4.69, 9.17) is 32.9 Å². The number of nitrogens with zero attached hydrogens (tertiary/aromatic N) is 5. The lowest BCUT2D eigenvalue weighted by Crippen LogP contribution is -2.38. The number of methoxy groups -OCH3 is 1. The van der Waals surface area contributed by atoms with Crippen molar-refractivity contribution < 1.29 is 18.3 Å². The van der Waals surface area contributed by atoms with E-state index in [1.807, 2.05) is 18.2 Å². The van der Waals surface area contributed by atoms with E-state index in [2.05, 4.69) is 25.9 Å². The van der Waals surface area contributed by atoms with Crippen LogP contribution in [0.1, 0.15) is 30.7 Å². The van der Waals surface area contributed by atoms with Gasteiger partial charge in [0.05, 0.1) is 28.5 Å². The Labute approximate surface area is 288 Å². The van der Waals surface area contributed by atoms with Crippen molar-refractivity contribution in [2.24, 2.45) is 14.1 Å². The summed E-state index contributed by atoms with van der Waals surface area (Å²) in [7, 11) is 4.13.